The van der Waals surface area contributed by atoms with E-state index in [2.05, 4.69) is 111 Å². The van der Waals surface area contributed by atoms with Crippen LogP contribution in [0.25, 0.3) is 0 Å². The molecule has 0 aromatic carbocycles. The van der Waals surface area contributed by atoms with Crippen LogP contribution in [0, 0.1) is 0 Å². The molecule has 2 rings (SSSR count). The summed E-state index contributed by atoms with van der Waals surface area (Å²) < 4.78 is 36.3. The summed E-state index contributed by atoms with van der Waals surface area (Å²) in [6, 6.07) is 3.32. The minimum atomic E-state index is -2.19. The Labute approximate surface area is 301 Å². The molecule has 0 saturated carbocycles. The van der Waals surface area contributed by atoms with E-state index in [1.165, 1.54) is 0 Å². The number of hydrogen-bond acceptors (Lipinski definition) is 6. The molecule has 6 nitrogen and oxygen atoms in total. The topological polar surface area (TPSA) is 66.4 Å². The van der Waals surface area contributed by atoms with Crippen molar-refractivity contribution in [3.63, 3.8) is 0 Å². The fraction of sp³-hybridized carbons (Fsp3) is 1.00. The highest BCUT2D eigenvalue weighted by molar-refractivity contribution is 6.78. The maximum atomic E-state index is 9.93. The van der Waals surface area contributed by atoms with Crippen molar-refractivity contribution in [1.82, 2.24) is 0 Å². The van der Waals surface area contributed by atoms with Crippen LogP contribution in [0.4, 0.5) is 0 Å². The van der Waals surface area contributed by atoms with E-state index in [0.717, 1.165) is 56.8 Å². The summed E-state index contributed by atoms with van der Waals surface area (Å²) in [5.41, 5.74) is 2.77. The molecule has 2 aliphatic heterocycles. The fourth-order valence-electron chi connectivity index (χ4n) is 10.4. The van der Waals surface area contributed by atoms with Crippen LogP contribution in [0.5, 0.6) is 0 Å². The van der Waals surface area contributed by atoms with E-state index in [1.54, 1.807) is 0 Å². The van der Waals surface area contributed by atoms with E-state index in [-0.39, 0.29) is 37.1 Å². The maximum absolute atomic E-state index is 9.93. The SMILES string of the molecule is CC[Si](CC)(CC)O[C@H]1C[C@H]2O[C@H](CCCO[Si](C(C)C)(C(C)C)C(C)C)C[C@H](O[Si](C(C)C)(C(C)C)C(C)C)[C@H]2O[C@]1(C)CCCO. The Kier molecular flexibility index (Phi) is 17.6. The second-order valence-electron chi connectivity index (χ2n) is 17.6. The van der Waals surface area contributed by atoms with Crippen LogP contribution in [0.1, 0.15) is 149 Å². The molecule has 1 N–H and O–H groups in total. The molecule has 2 heterocycles. The standard InChI is InChI=1S/C39H82O6Si3/c1-17-46(18-2,19-3)45-37-27-35-38(43-39(37,16)23-21-24-40)36(44-48(31(10)11,32(12)13)33(14)15)26-34(42-35)22-20-25-41-47(28(4)5,29(6)7)30(8)9/h28-38,40H,17-27H2,1-16H3/t34-,35-,36+,37+,38+,39-/m1/s1. The molecule has 2 aliphatic rings. The lowest BCUT2D eigenvalue weighted by Crippen LogP contribution is -2.66. The zero-order valence-electron chi connectivity index (χ0n) is 34.6. The van der Waals surface area contributed by atoms with Gasteiger partial charge in [-0.1, -0.05) is 104 Å². The average Bonchev–Trinajstić information content (AvgIpc) is 3.01. The normalized spacial score (nSPS) is 27.7. The molecule has 0 radical (unpaired) electrons. The van der Waals surface area contributed by atoms with Crippen LogP contribution in [0.3, 0.4) is 0 Å². The van der Waals surface area contributed by atoms with Crippen molar-refractivity contribution in [3.8, 4) is 0 Å². The molecule has 2 saturated heterocycles. The van der Waals surface area contributed by atoms with Crippen LogP contribution < -0.4 is 0 Å². The summed E-state index contributed by atoms with van der Waals surface area (Å²) in [5.74, 6) is 0. The highest BCUT2D eigenvalue weighted by Gasteiger charge is 2.56. The Hall–Kier alpha value is 0.411. The first-order chi connectivity index (χ1) is 22.4. The van der Waals surface area contributed by atoms with E-state index in [4.69, 9.17) is 22.8 Å². The van der Waals surface area contributed by atoms with Gasteiger partial charge in [-0.25, -0.2) is 0 Å². The summed E-state index contributed by atoms with van der Waals surface area (Å²) in [4.78, 5) is 0. The fourth-order valence-corrected chi connectivity index (χ4v) is 24.4. The lowest BCUT2D eigenvalue weighted by atomic mass is 9.81. The van der Waals surface area contributed by atoms with E-state index in [1.807, 2.05) is 0 Å². The predicted octanol–water partition coefficient (Wildman–Crippen LogP) is 11.4. The van der Waals surface area contributed by atoms with E-state index < -0.39 is 30.6 Å². The summed E-state index contributed by atoms with van der Waals surface area (Å²) in [7, 11) is -6.00. The molecule has 0 spiro atoms. The van der Waals surface area contributed by atoms with E-state index in [9.17, 15) is 5.11 Å². The number of rotatable bonds is 21. The quantitative estimate of drug-likeness (QED) is 0.0937. The van der Waals surface area contributed by atoms with Crippen molar-refractivity contribution >= 4 is 25.0 Å². The van der Waals surface area contributed by atoms with Gasteiger partial charge < -0.3 is 27.9 Å². The summed E-state index contributed by atoms with van der Waals surface area (Å²) in [6.45, 7) is 38.7. The molecule has 0 bridgehead atoms. The number of ether oxygens (including phenoxy) is 2. The van der Waals surface area contributed by atoms with Gasteiger partial charge in [0.2, 0.25) is 8.32 Å². The Morgan fingerprint density at radius 3 is 1.65 bits per heavy atom. The molecule has 0 unspecified atom stereocenters. The Bertz CT molecular complexity index is 872. The van der Waals surface area contributed by atoms with Crippen molar-refractivity contribution in [3.05, 3.63) is 0 Å². The van der Waals surface area contributed by atoms with Gasteiger partial charge in [0.05, 0.1) is 30.0 Å². The van der Waals surface area contributed by atoms with Gasteiger partial charge in [-0.15, -0.1) is 0 Å². The van der Waals surface area contributed by atoms with Crippen molar-refractivity contribution in [2.75, 3.05) is 13.2 Å². The molecule has 9 heteroatoms. The van der Waals surface area contributed by atoms with Gasteiger partial charge in [0.15, 0.2) is 16.6 Å². The first kappa shape index (κ1) is 44.6. The number of fused-ring (bicyclic) bond motifs is 1. The van der Waals surface area contributed by atoms with Crippen LogP contribution >= 0.6 is 0 Å². The highest BCUT2D eigenvalue weighted by atomic mass is 28.4. The first-order valence-corrected chi connectivity index (χ1v) is 27.1. The molecule has 2 fully saturated rings. The highest BCUT2D eigenvalue weighted by Crippen LogP contribution is 2.49. The minimum absolute atomic E-state index is 0.0103. The molecule has 6 atom stereocenters. The minimum Gasteiger partial charge on any atom is -0.416 e. The monoisotopic (exact) mass is 731 g/mol. The zero-order chi connectivity index (χ0) is 36.7. The van der Waals surface area contributed by atoms with Crippen LogP contribution in [-0.2, 0) is 22.8 Å². The van der Waals surface area contributed by atoms with Crippen molar-refractivity contribution in [1.29, 1.82) is 0 Å². The van der Waals surface area contributed by atoms with Crippen molar-refractivity contribution < 1.29 is 27.9 Å². The molecule has 0 aliphatic carbocycles. The summed E-state index contributed by atoms with van der Waals surface area (Å²) >= 11 is 0. The molecule has 0 aromatic heterocycles. The van der Waals surface area contributed by atoms with Crippen molar-refractivity contribution in [2.24, 2.45) is 0 Å². The van der Waals surface area contributed by atoms with Gasteiger partial charge in [0.1, 0.15) is 6.10 Å². The Morgan fingerprint density at radius 1 is 0.708 bits per heavy atom. The number of aliphatic hydroxyl groups is 1. The van der Waals surface area contributed by atoms with E-state index in [0.29, 0.717) is 39.7 Å². The average molecular weight is 731 g/mol. The molecule has 48 heavy (non-hydrogen) atoms. The molecule has 0 amide bonds. The molecule has 0 aromatic rings. The van der Waals surface area contributed by atoms with Crippen LogP contribution in [0.15, 0.2) is 0 Å². The largest absolute Gasteiger partial charge is 0.416 e. The third-order valence-corrected chi connectivity index (χ3v) is 30.0. The van der Waals surface area contributed by atoms with Crippen LogP contribution in [-0.4, -0.2) is 79.4 Å². The second kappa shape index (κ2) is 18.9. The van der Waals surface area contributed by atoms with E-state index >= 15 is 0 Å². The van der Waals surface area contributed by atoms with Gasteiger partial charge in [0.25, 0.3) is 0 Å². The van der Waals surface area contributed by atoms with Gasteiger partial charge in [-0.3, -0.25) is 0 Å². The Morgan fingerprint density at radius 2 is 1.21 bits per heavy atom. The smallest absolute Gasteiger partial charge is 0.200 e. The third-order valence-electron chi connectivity index (χ3n) is 13.1. The lowest BCUT2D eigenvalue weighted by molar-refractivity contribution is -0.279. The molecular weight excluding hydrogens is 649 g/mol. The maximum Gasteiger partial charge on any atom is 0.200 e. The first-order valence-electron chi connectivity index (χ1n) is 20.3. The predicted molar refractivity (Wildman–Crippen MR) is 212 cm³/mol. The number of aliphatic hydroxyl groups excluding tert-OH is 1. The van der Waals surface area contributed by atoms with Gasteiger partial charge in [0, 0.05) is 26.1 Å². The van der Waals surface area contributed by atoms with Gasteiger partial charge >= 0.3 is 0 Å². The van der Waals surface area contributed by atoms with Crippen LogP contribution in [0.2, 0.25) is 51.4 Å². The zero-order valence-corrected chi connectivity index (χ0v) is 37.6. The molecule has 286 valence electrons. The summed E-state index contributed by atoms with van der Waals surface area (Å²) in [6.07, 6.45) is 5.03. The third kappa shape index (κ3) is 9.68. The summed E-state index contributed by atoms with van der Waals surface area (Å²) in [5, 5.41) is 9.93. The second-order valence-corrected chi connectivity index (χ2v) is 33.2. The van der Waals surface area contributed by atoms with Crippen molar-refractivity contribution in [2.45, 2.75) is 237 Å². The van der Waals surface area contributed by atoms with Gasteiger partial charge in [-0.05, 0) is 84.0 Å². The van der Waals surface area contributed by atoms with Gasteiger partial charge in [-0.2, -0.15) is 0 Å². The number of hydrogen-bond donors (Lipinski definition) is 1. The lowest BCUT2D eigenvalue weighted by Gasteiger charge is -2.56. The Balaban J connectivity index is 2.47. The molecular formula is C39H82O6Si3.